The number of benzene rings is 1. The molecule has 1 aromatic carbocycles. The van der Waals surface area contributed by atoms with Gasteiger partial charge < -0.3 is 15.8 Å². The van der Waals surface area contributed by atoms with Gasteiger partial charge in [0, 0.05) is 12.1 Å². The molecule has 1 aliphatic rings. The van der Waals surface area contributed by atoms with Gasteiger partial charge in [0.1, 0.15) is 5.75 Å². The zero-order valence-corrected chi connectivity index (χ0v) is 13.1. The number of carbonyl (C=O) groups is 1. The van der Waals surface area contributed by atoms with Gasteiger partial charge in [0.05, 0.1) is 13.0 Å². The zero-order chi connectivity index (χ0) is 15.4. The quantitative estimate of drug-likeness (QED) is 0.873. The molecule has 0 spiro atoms. The van der Waals surface area contributed by atoms with Gasteiger partial charge in [0.2, 0.25) is 5.91 Å². The summed E-state index contributed by atoms with van der Waals surface area (Å²) in [5.74, 6) is 0.965. The van der Waals surface area contributed by atoms with E-state index in [9.17, 15) is 4.79 Å². The van der Waals surface area contributed by atoms with Crippen molar-refractivity contribution in [3.63, 3.8) is 0 Å². The topological polar surface area (TPSA) is 64.3 Å². The Morgan fingerprint density at radius 3 is 2.57 bits per heavy atom. The fourth-order valence-electron chi connectivity index (χ4n) is 3.49. The lowest BCUT2D eigenvalue weighted by molar-refractivity contribution is -0.125. The largest absolute Gasteiger partial charge is 0.497 e. The number of rotatable bonds is 5. The van der Waals surface area contributed by atoms with Gasteiger partial charge in [-0.15, -0.1) is 0 Å². The molecule has 1 fully saturated rings. The van der Waals surface area contributed by atoms with Gasteiger partial charge in [0.15, 0.2) is 0 Å². The molecule has 1 aromatic rings. The third kappa shape index (κ3) is 3.97. The number of hydrogen-bond acceptors (Lipinski definition) is 3. The maximum Gasteiger partial charge on any atom is 0.222 e. The van der Waals surface area contributed by atoms with E-state index < -0.39 is 0 Å². The molecule has 0 bridgehead atoms. The van der Waals surface area contributed by atoms with E-state index in [0.29, 0.717) is 12.0 Å². The van der Waals surface area contributed by atoms with Gasteiger partial charge in [-0.3, -0.25) is 4.79 Å². The normalized spacial score (nSPS) is 29.1. The second-order valence-electron chi connectivity index (χ2n) is 6.20. The molecule has 4 atom stereocenters. The molecule has 3 N–H and O–H groups in total. The number of primary amides is 1. The van der Waals surface area contributed by atoms with Crippen LogP contribution in [0.3, 0.4) is 0 Å². The molecule has 0 radical (unpaired) electrons. The molecule has 1 amide bonds. The highest BCUT2D eigenvalue weighted by molar-refractivity contribution is 5.78. The van der Waals surface area contributed by atoms with E-state index in [1.807, 2.05) is 12.1 Å². The van der Waals surface area contributed by atoms with Crippen molar-refractivity contribution in [1.29, 1.82) is 0 Å². The fourth-order valence-corrected chi connectivity index (χ4v) is 3.49. The standard InChI is InChI=1S/C17H26N2O2/c1-11-10-12(2)19-15(16(11)17(18)20)9-6-13-4-7-14(21-3)8-5-13/h4-5,7-8,11-12,15-16,19H,6,9-10H2,1-3H3,(H2,18,20). The number of nitrogens with one attached hydrogen (secondary N) is 1. The van der Waals surface area contributed by atoms with Crippen LogP contribution in [-0.4, -0.2) is 25.1 Å². The lowest BCUT2D eigenvalue weighted by atomic mass is 9.77. The molecule has 0 aromatic heterocycles. The van der Waals surface area contributed by atoms with Crippen LogP contribution in [0.15, 0.2) is 24.3 Å². The minimum absolute atomic E-state index is 0.0700. The van der Waals surface area contributed by atoms with E-state index in [1.165, 1.54) is 5.56 Å². The van der Waals surface area contributed by atoms with Crippen LogP contribution in [0.5, 0.6) is 5.75 Å². The van der Waals surface area contributed by atoms with Crippen LogP contribution in [0.25, 0.3) is 0 Å². The third-order valence-corrected chi connectivity index (χ3v) is 4.50. The van der Waals surface area contributed by atoms with E-state index in [-0.39, 0.29) is 17.9 Å². The number of ether oxygens (including phenoxy) is 1. The van der Waals surface area contributed by atoms with Gasteiger partial charge in [-0.1, -0.05) is 19.1 Å². The number of nitrogens with two attached hydrogens (primary N) is 1. The molecule has 116 valence electrons. The molecule has 0 aliphatic carbocycles. The average molecular weight is 290 g/mol. The Hall–Kier alpha value is -1.55. The first-order chi connectivity index (χ1) is 10.0. The van der Waals surface area contributed by atoms with E-state index in [1.54, 1.807) is 7.11 Å². The van der Waals surface area contributed by atoms with Crippen LogP contribution >= 0.6 is 0 Å². The van der Waals surface area contributed by atoms with Crippen molar-refractivity contribution < 1.29 is 9.53 Å². The summed E-state index contributed by atoms with van der Waals surface area (Å²) in [6.07, 6.45) is 2.87. The summed E-state index contributed by atoms with van der Waals surface area (Å²) in [4.78, 5) is 11.7. The van der Waals surface area contributed by atoms with Crippen molar-refractivity contribution in [1.82, 2.24) is 5.32 Å². The highest BCUT2D eigenvalue weighted by atomic mass is 16.5. The molecule has 4 heteroatoms. The predicted molar refractivity (Wildman–Crippen MR) is 84.2 cm³/mol. The Morgan fingerprint density at radius 1 is 1.33 bits per heavy atom. The predicted octanol–water partition coefficient (Wildman–Crippen LogP) is 2.12. The zero-order valence-electron chi connectivity index (χ0n) is 13.1. The first kappa shape index (κ1) is 15.8. The number of hydrogen-bond donors (Lipinski definition) is 2. The molecule has 2 rings (SSSR count). The van der Waals surface area contributed by atoms with E-state index in [4.69, 9.17) is 10.5 Å². The smallest absolute Gasteiger partial charge is 0.222 e. The van der Waals surface area contributed by atoms with E-state index in [0.717, 1.165) is 25.0 Å². The second-order valence-corrected chi connectivity index (χ2v) is 6.20. The molecule has 4 unspecified atom stereocenters. The van der Waals surface area contributed by atoms with Gasteiger partial charge in [-0.05, 0) is 49.8 Å². The van der Waals surface area contributed by atoms with Crippen LogP contribution < -0.4 is 15.8 Å². The number of carbonyl (C=O) groups excluding carboxylic acids is 1. The highest BCUT2D eigenvalue weighted by Crippen LogP contribution is 2.28. The molecule has 1 aliphatic heterocycles. The number of methoxy groups -OCH3 is 1. The highest BCUT2D eigenvalue weighted by Gasteiger charge is 2.36. The average Bonchev–Trinajstić information content (AvgIpc) is 2.44. The molecule has 4 nitrogen and oxygen atoms in total. The van der Waals surface area contributed by atoms with Gasteiger partial charge in [0.25, 0.3) is 0 Å². The fraction of sp³-hybridized carbons (Fsp3) is 0.588. The summed E-state index contributed by atoms with van der Waals surface area (Å²) < 4.78 is 5.17. The second kappa shape index (κ2) is 6.94. The third-order valence-electron chi connectivity index (χ3n) is 4.50. The Morgan fingerprint density at radius 2 is 2.00 bits per heavy atom. The number of piperidine rings is 1. The van der Waals surface area contributed by atoms with E-state index in [2.05, 4.69) is 31.3 Å². The van der Waals surface area contributed by atoms with E-state index >= 15 is 0 Å². The molecule has 21 heavy (non-hydrogen) atoms. The van der Waals surface area contributed by atoms with Crippen LogP contribution in [0.4, 0.5) is 0 Å². The van der Waals surface area contributed by atoms with Crippen molar-refractivity contribution in [2.24, 2.45) is 17.6 Å². The molecule has 1 saturated heterocycles. The maximum absolute atomic E-state index is 11.7. The van der Waals surface area contributed by atoms with Gasteiger partial charge in [-0.25, -0.2) is 0 Å². The summed E-state index contributed by atoms with van der Waals surface area (Å²) in [6, 6.07) is 8.71. The van der Waals surface area contributed by atoms with Crippen LogP contribution in [0, 0.1) is 11.8 Å². The summed E-state index contributed by atoms with van der Waals surface area (Å²) in [5, 5.41) is 3.55. The van der Waals surface area contributed by atoms with Gasteiger partial charge in [-0.2, -0.15) is 0 Å². The Labute approximate surface area is 127 Å². The summed E-state index contributed by atoms with van der Waals surface area (Å²) in [7, 11) is 1.67. The van der Waals surface area contributed by atoms with Crippen molar-refractivity contribution in [2.45, 2.75) is 45.2 Å². The molecule has 1 heterocycles. The summed E-state index contributed by atoms with van der Waals surface area (Å²) >= 11 is 0. The minimum Gasteiger partial charge on any atom is -0.497 e. The van der Waals surface area contributed by atoms with Crippen molar-refractivity contribution in [3.8, 4) is 5.75 Å². The van der Waals surface area contributed by atoms with Crippen LogP contribution in [0.1, 0.15) is 32.3 Å². The summed E-state index contributed by atoms with van der Waals surface area (Å²) in [6.45, 7) is 4.31. The SMILES string of the molecule is COc1ccc(CCC2NC(C)CC(C)C2C(N)=O)cc1. The first-order valence-electron chi connectivity index (χ1n) is 7.69. The Kier molecular flexibility index (Phi) is 5.23. The Balaban J connectivity index is 1.99. The lowest BCUT2D eigenvalue weighted by Gasteiger charge is -2.39. The number of aryl methyl sites for hydroxylation is 1. The lowest BCUT2D eigenvalue weighted by Crippen LogP contribution is -2.54. The molecular weight excluding hydrogens is 264 g/mol. The molecule has 0 saturated carbocycles. The first-order valence-corrected chi connectivity index (χ1v) is 7.69. The van der Waals surface area contributed by atoms with Gasteiger partial charge >= 0.3 is 0 Å². The number of amides is 1. The summed E-state index contributed by atoms with van der Waals surface area (Å²) in [5.41, 5.74) is 6.86. The van der Waals surface area contributed by atoms with Crippen molar-refractivity contribution >= 4 is 5.91 Å². The van der Waals surface area contributed by atoms with Crippen LogP contribution in [-0.2, 0) is 11.2 Å². The van der Waals surface area contributed by atoms with Crippen molar-refractivity contribution in [2.75, 3.05) is 7.11 Å². The van der Waals surface area contributed by atoms with Crippen molar-refractivity contribution in [3.05, 3.63) is 29.8 Å². The monoisotopic (exact) mass is 290 g/mol. The molecular formula is C17H26N2O2. The minimum atomic E-state index is -0.179. The van der Waals surface area contributed by atoms with Crippen LogP contribution in [0.2, 0.25) is 0 Å². The Bertz CT molecular complexity index is 472. The maximum atomic E-state index is 11.7.